The molecule has 1 aromatic carbocycles. The summed E-state index contributed by atoms with van der Waals surface area (Å²) in [7, 11) is 1.50. The van der Waals surface area contributed by atoms with Gasteiger partial charge in [-0.25, -0.2) is 0 Å². The number of rotatable bonds is 4. The van der Waals surface area contributed by atoms with E-state index >= 15 is 0 Å². The molecule has 5 nitrogen and oxygen atoms in total. The molecular weight excluding hydrogens is 246 g/mol. The lowest BCUT2D eigenvalue weighted by atomic mass is 9.96. The Bertz CT molecular complexity index is 498. The molecule has 2 rings (SSSR count). The largest absolute Gasteiger partial charge is 0.493 e. The number of carbonyl (C=O) groups excluding carboxylic acids is 2. The summed E-state index contributed by atoms with van der Waals surface area (Å²) >= 11 is 0. The molecule has 1 aliphatic rings. The number of primary amides is 1. The van der Waals surface area contributed by atoms with Crippen LogP contribution in [0.3, 0.4) is 0 Å². The predicted molar refractivity (Wildman–Crippen MR) is 69.4 cm³/mol. The molecule has 0 spiro atoms. The van der Waals surface area contributed by atoms with E-state index < -0.39 is 5.91 Å². The fourth-order valence-corrected chi connectivity index (χ4v) is 2.18. The van der Waals surface area contributed by atoms with Gasteiger partial charge >= 0.3 is 0 Å². The van der Waals surface area contributed by atoms with Crippen LogP contribution in [-0.2, 0) is 4.79 Å². The van der Waals surface area contributed by atoms with Crippen LogP contribution in [0.5, 0.6) is 11.5 Å². The quantitative estimate of drug-likeness (QED) is 0.896. The lowest BCUT2D eigenvalue weighted by molar-refractivity contribution is -0.122. The third kappa shape index (κ3) is 3.24. The van der Waals surface area contributed by atoms with Crippen molar-refractivity contribution in [2.45, 2.75) is 31.8 Å². The SMILES string of the molecule is COc1cc(C(N)=O)ccc1OC1CCCC(=O)C1. The van der Waals surface area contributed by atoms with Gasteiger partial charge in [0.2, 0.25) is 5.91 Å². The van der Waals surface area contributed by atoms with Crippen molar-refractivity contribution >= 4 is 11.7 Å². The minimum atomic E-state index is -0.516. The molecule has 0 saturated heterocycles. The Kier molecular flexibility index (Phi) is 4.04. The second kappa shape index (κ2) is 5.73. The number of ether oxygens (including phenoxy) is 2. The van der Waals surface area contributed by atoms with Gasteiger partial charge in [0, 0.05) is 18.4 Å². The molecule has 0 radical (unpaired) electrons. The molecule has 1 saturated carbocycles. The Balaban J connectivity index is 2.15. The van der Waals surface area contributed by atoms with Gasteiger partial charge in [0.05, 0.1) is 7.11 Å². The summed E-state index contributed by atoms with van der Waals surface area (Å²) < 4.78 is 11.0. The van der Waals surface area contributed by atoms with Crippen LogP contribution >= 0.6 is 0 Å². The zero-order valence-corrected chi connectivity index (χ0v) is 10.8. The molecule has 1 unspecified atom stereocenters. The first-order valence-electron chi connectivity index (χ1n) is 6.26. The molecule has 0 aromatic heterocycles. The summed E-state index contributed by atoms with van der Waals surface area (Å²) in [6.07, 6.45) is 2.66. The maximum absolute atomic E-state index is 11.4. The van der Waals surface area contributed by atoms with Gasteiger partial charge < -0.3 is 15.2 Å². The van der Waals surface area contributed by atoms with Gasteiger partial charge in [-0.2, -0.15) is 0 Å². The topological polar surface area (TPSA) is 78.6 Å². The number of methoxy groups -OCH3 is 1. The predicted octanol–water partition coefficient (Wildman–Crippen LogP) is 1.68. The highest BCUT2D eigenvalue weighted by atomic mass is 16.5. The summed E-state index contributed by atoms with van der Waals surface area (Å²) in [4.78, 5) is 22.5. The van der Waals surface area contributed by atoms with E-state index in [1.165, 1.54) is 7.11 Å². The molecule has 19 heavy (non-hydrogen) atoms. The number of hydrogen-bond acceptors (Lipinski definition) is 4. The summed E-state index contributed by atoms with van der Waals surface area (Å²) in [5.74, 6) is 0.697. The Morgan fingerprint density at radius 3 is 2.79 bits per heavy atom. The first-order chi connectivity index (χ1) is 9.10. The van der Waals surface area contributed by atoms with Crippen LogP contribution in [-0.4, -0.2) is 24.9 Å². The lowest BCUT2D eigenvalue weighted by Gasteiger charge is -2.23. The lowest BCUT2D eigenvalue weighted by Crippen LogP contribution is -2.25. The number of ketones is 1. The monoisotopic (exact) mass is 263 g/mol. The molecule has 2 N–H and O–H groups in total. The van der Waals surface area contributed by atoms with Crippen molar-refractivity contribution in [2.75, 3.05) is 7.11 Å². The highest BCUT2D eigenvalue weighted by molar-refractivity contribution is 5.93. The second-order valence-electron chi connectivity index (χ2n) is 4.60. The van der Waals surface area contributed by atoms with E-state index in [1.54, 1.807) is 18.2 Å². The first-order valence-corrected chi connectivity index (χ1v) is 6.26. The maximum atomic E-state index is 11.4. The van der Waals surface area contributed by atoms with Crippen molar-refractivity contribution in [3.63, 3.8) is 0 Å². The van der Waals surface area contributed by atoms with E-state index in [-0.39, 0.29) is 11.9 Å². The van der Waals surface area contributed by atoms with Crippen LogP contribution in [0, 0.1) is 0 Å². The van der Waals surface area contributed by atoms with Gasteiger partial charge in [0.25, 0.3) is 0 Å². The number of benzene rings is 1. The second-order valence-corrected chi connectivity index (χ2v) is 4.60. The zero-order chi connectivity index (χ0) is 13.8. The van der Waals surface area contributed by atoms with Crippen LogP contribution < -0.4 is 15.2 Å². The third-order valence-electron chi connectivity index (χ3n) is 3.18. The van der Waals surface area contributed by atoms with Gasteiger partial charge in [-0.05, 0) is 31.0 Å². The Morgan fingerprint density at radius 2 is 2.16 bits per heavy atom. The van der Waals surface area contributed by atoms with E-state index in [0.717, 1.165) is 12.8 Å². The fourth-order valence-electron chi connectivity index (χ4n) is 2.18. The maximum Gasteiger partial charge on any atom is 0.248 e. The third-order valence-corrected chi connectivity index (χ3v) is 3.18. The zero-order valence-electron chi connectivity index (χ0n) is 10.8. The molecular formula is C14H17NO4. The van der Waals surface area contributed by atoms with Gasteiger partial charge in [0.15, 0.2) is 11.5 Å². The molecule has 0 bridgehead atoms. The first kappa shape index (κ1) is 13.4. The van der Waals surface area contributed by atoms with Crippen molar-refractivity contribution in [2.24, 2.45) is 5.73 Å². The number of carbonyl (C=O) groups is 2. The van der Waals surface area contributed by atoms with E-state index in [9.17, 15) is 9.59 Å². The van der Waals surface area contributed by atoms with Crippen molar-refractivity contribution in [3.05, 3.63) is 23.8 Å². The Labute approximate surface area is 111 Å². The van der Waals surface area contributed by atoms with Crippen molar-refractivity contribution in [1.29, 1.82) is 0 Å². The van der Waals surface area contributed by atoms with Gasteiger partial charge in [-0.1, -0.05) is 0 Å². The van der Waals surface area contributed by atoms with E-state index in [0.29, 0.717) is 29.9 Å². The summed E-state index contributed by atoms with van der Waals surface area (Å²) in [6, 6.07) is 4.78. The normalized spacial score (nSPS) is 19.0. The summed E-state index contributed by atoms with van der Waals surface area (Å²) in [5.41, 5.74) is 5.57. The fraction of sp³-hybridized carbons (Fsp3) is 0.429. The van der Waals surface area contributed by atoms with Crippen LogP contribution in [0.15, 0.2) is 18.2 Å². The molecule has 1 aliphatic carbocycles. The molecule has 5 heteroatoms. The molecule has 0 heterocycles. The van der Waals surface area contributed by atoms with Crippen LogP contribution in [0.1, 0.15) is 36.0 Å². The standard InChI is InChI=1S/C14H17NO4/c1-18-13-7-9(14(15)17)5-6-12(13)19-11-4-2-3-10(16)8-11/h5-7,11H,2-4,8H2,1H3,(H2,15,17). The number of amides is 1. The molecule has 102 valence electrons. The van der Waals surface area contributed by atoms with Crippen LogP contribution in [0.4, 0.5) is 0 Å². The smallest absolute Gasteiger partial charge is 0.248 e. The highest BCUT2D eigenvalue weighted by Crippen LogP contribution is 2.31. The molecule has 1 aromatic rings. The molecule has 0 aliphatic heterocycles. The van der Waals surface area contributed by atoms with Crippen LogP contribution in [0.2, 0.25) is 0 Å². The number of Topliss-reactive ketones (excluding diaryl/α,β-unsaturated/α-hetero) is 1. The van der Waals surface area contributed by atoms with E-state index in [2.05, 4.69) is 0 Å². The van der Waals surface area contributed by atoms with Crippen LogP contribution in [0.25, 0.3) is 0 Å². The minimum absolute atomic E-state index is 0.116. The van der Waals surface area contributed by atoms with Crippen molar-refractivity contribution < 1.29 is 19.1 Å². The average molecular weight is 263 g/mol. The summed E-state index contributed by atoms with van der Waals surface area (Å²) in [6.45, 7) is 0. The van der Waals surface area contributed by atoms with Gasteiger partial charge in [0.1, 0.15) is 11.9 Å². The number of nitrogens with two attached hydrogens (primary N) is 1. The van der Waals surface area contributed by atoms with Gasteiger partial charge in [-0.3, -0.25) is 9.59 Å². The van der Waals surface area contributed by atoms with E-state index in [4.69, 9.17) is 15.2 Å². The van der Waals surface area contributed by atoms with Crippen molar-refractivity contribution in [1.82, 2.24) is 0 Å². The molecule has 1 fully saturated rings. The van der Waals surface area contributed by atoms with E-state index in [1.807, 2.05) is 0 Å². The number of hydrogen-bond donors (Lipinski definition) is 1. The Hall–Kier alpha value is -2.04. The van der Waals surface area contributed by atoms with Gasteiger partial charge in [-0.15, -0.1) is 0 Å². The average Bonchev–Trinajstić information content (AvgIpc) is 2.39. The summed E-state index contributed by atoms with van der Waals surface area (Å²) in [5, 5.41) is 0. The Morgan fingerprint density at radius 1 is 1.37 bits per heavy atom. The molecule has 1 amide bonds. The highest BCUT2D eigenvalue weighted by Gasteiger charge is 2.22. The van der Waals surface area contributed by atoms with Crippen molar-refractivity contribution in [3.8, 4) is 11.5 Å². The molecule has 1 atom stereocenters. The minimum Gasteiger partial charge on any atom is -0.493 e.